The molecule has 0 bridgehead atoms. The summed E-state index contributed by atoms with van der Waals surface area (Å²) in [4.78, 5) is 19.5. The average molecular weight is 384 g/mol. The van der Waals surface area contributed by atoms with Gasteiger partial charge in [0.1, 0.15) is 16.6 Å². The van der Waals surface area contributed by atoms with Crippen LogP contribution in [-0.2, 0) is 4.79 Å². The Balaban J connectivity index is 1.42. The summed E-state index contributed by atoms with van der Waals surface area (Å²) in [5.41, 5.74) is 0.995. The first-order valence-electron chi connectivity index (χ1n) is 9.24. The highest BCUT2D eigenvalue weighted by Crippen LogP contribution is 2.35. The van der Waals surface area contributed by atoms with E-state index >= 15 is 0 Å². The molecule has 1 amide bonds. The van der Waals surface area contributed by atoms with Crippen molar-refractivity contribution >= 4 is 27.5 Å². The molecule has 27 heavy (non-hydrogen) atoms. The minimum atomic E-state index is -0.301. The number of hydrogen-bond donors (Lipinski definition) is 0. The van der Waals surface area contributed by atoms with E-state index in [4.69, 9.17) is 9.72 Å². The normalized spacial score (nSPS) is 17.2. The number of para-hydroxylation sites is 1. The molecule has 0 saturated carbocycles. The van der Waals surface area contributed by atoms with Crippen LogP contribution >= 0.6 is 11.3 Å². The van der Waals surface area contributed by atoms with E-state index in [2.05, 4.69) is 6.07 Å². The van der Waals surface area contributed by atoms with Gasteiger partial charge in [0.15, 0.2) is 0 Å². The lowest BCUT2D eigenvalue weighted by molar-refractivity contribution is -0.135. The molecule has 140 valence electrons. The third kappa shape index (κ3) is 4.11. The molecular formula is C21H21FN2O2S. The van der Waals surface area contributed by atoms with Crippen LogP contribution in [0.25, 0.3) is 10.2 Å². The second-order valence-electron chi connectivity index (χ2n) is 6.67. The highest BCUT2D eigenvalue weighted by atomic mass is 32.1. The van der Waals surface area contributed by atoms with Gasteiger partial charge >= 0.3 is 0 Å². The van der Waals surface area contributed by atoms with Crippen molar-refractivity contribution in [2.75, 3.05) is 13.2 Å². The Morgan fingerprint density at radius 1 is 1.19 bits per heavy atom. The first kappa shape index (κ1) is 17.9. The summed E-state index contributed by atoms with van der Waals surface area (Å²) in [7, 11) is 0. The van der Waals surface area contributed by atoms with Gasteiger partial charge in [0, 0.05) is 6.54 Å². The van der Waals surface area contributed by atoms with Crippen molar-refractivity contribution in [3.8, 4) is 5.75 Å². The van der Waals surface area contributed by atoms with Gasteiger partial charge in [0.2, 0.25) is 5.91 Å². The number of carbonyl (C=O) groups excluding carboxylic acids is 1. The Morgan fingerprint density at radius 3 is 2.81 bits per heavy atom. The van der Waals surface area contributed by atoms with Crippen LogP contribution in [0.1, 0.15) is 36.7 Å². The summed E-state index contributed by atoms with van der Waals surface area (Å²) in [6.07, 6.45) is 3.38. The molecule has 0 radical (unpaired) electrons. The highest BCUT2D eigenvalue weighted by molar-refractivity contribution is 7.18. The molecule has 4 nitrogen and oxygen atoms in total. The van der Waals surface area contributed by atoms with Crippen LogP contribution in [-0.4, -0.2) is 28.9 Å². The second kappa shape index (κ2) is 8.05. The van der Waals surface area contributed by atoms with Crippen molar-refractivity contribution in [1.29, 1.82) is 0 Å². The number of amides is 1. The summed E-state index contributed by atoms with van der Waals surface area (Å²) in [6, 6.07) is 14.0. The van der Waals surface area contributed by atoms with Crippen LogP contribution in [0.4, 0.5) is 4.39 Å². The monoisotopic (exact) mass is 384 g/mol. The highest BCUT2D eigenvalue weighted by Gasteiger charge is 2.30. The van der Waals surface area contributed by atoms with Crippen LogP contribution in [0.3, 0.4) is 0 Å². The van der Waals surface area contributed by atoms with Crippen molar-refractivity contribution in [2.24, 2.45) is 0 Å². The molecule has 2 aromatic carbocycles. The average Bonchev–Trinajstić information content (AvgIpc) is 3.13. The van der Waals surface area contributed by atoms with Gasteiger partial charge in [-0.2, -0.15) is 0 Å². The van der Waals surface area contributed by atoms with Gasteiger partial charge in [-0.05, 0) is 55.7 Å². The molecule has 1 unspecified atom stereocenters. The van der Waals surface area contributed by atoms with E-state index in [0.717, 1.165) is 41.0 Å². The molecule has 3 aromatic rings. The van der Waals surface area contributed by atoms with Gasteiger partial charge in [-0.25, -0.2) is 9.37 Å². The van der Waals surface area contributed by atoms with E-state index in [1.807, 2.05) is 23.1 Å². The number of ether oxygens (including phenoxy) is 1. The minimum absolute atomic E-state index is 0.0504. The lowest BCUT2D eigenvalue weighted by Crippen LogP contribution is -2.39. The van der Waals surface area contributed by atoms with Crippen molar-refractivity contribution < 1.29 is 13.9 Å². The first-order chi connectivity index (χ1) is 13.2. The van der Waals surface area contributed by atoms with Crippen molar-refractivity contribution in [2.45, 2.75) is 31.7 Å². The summed E-state index contributed by atoms with van der Waals surface area (Å²) in [6.45, 7) is 1.05. The minimum Gasteiger partial charge on any atom is -0.493 e. The number of fused-ring (bicyclic) bond motifs is 1. The van der Waals surface area contributed by atoms with Crippen molar-refractivity contribution in [3.05, 3.63) is 59.4 Å². The Hall–Kier alpha value is -2.47. The maximum absolute atomic E-state index is 12.9. The topological polar surface area (TPSA) is 42.4 Å². The van der Waals surface area contributed by atoms with E-state index in [-0.39, 0.29) is 24.4 Å². The van der Waals surface area contributed by atoms with Crippen LogP contribution in [0.5, 0.6) is 5.75 Å². The predicted octanol–water partition coefficient (Wildman–Crippen LogP) is 4.96. The molecule has 1 aliphatic heterocycles. The summed E-state index contributed by atoms with van der Waals surface area (Å²) in [5.74, 6) is 0.358. The Labute approximate surface area is 161 Å². The summed E-state index contributed by atoms with van der Waals surface area (Å²) >= 11 is 1.68. The first-order valence-corrected chi connectivity index (χ1v) is 10.1. The molecule has 0 aliphatic carbocycles. The number of benzene rings is 2. The van der Waals surface area contributed by atoms with E-state index in [1.54, 1.807) is 23.5 Å². The number of carbonyl (C=O) groups is 1. The number of thiazole rings is 1. The van der Waals surface area contributed by atoms with Gasteiger partial charge in [0.05, 0.1) is 29.3 Å². The molecule has 6 heteroatoms. The zero-order chi connectivity index (χ0) is 18.6. The number of rotatable bonds is 5. The van der Waals surface area contributed by atoms with Crippen molar-refractivity contribution in [3.63, 3.8) is 0 Å². The van der Waals surface area contributed by atoms with Gasteiger partial charge in [-0.15, -0.1) is 11.3 Å². The standard InChI is InChI=1S/C21H21FN2O2S/c22-15-8-10-16(11-9-15)26-14-12-20(25)24-13-4-3-6-18(24)21-23-17-5-1-2-7-19(17)27-21/h1-2,5,7-11,18H,3-4,6,12-14H2. The van der Waals surface area contributed by atoms with E-state index in [1.165, 1.54) is 12.1 Å². The second-order valence-corrected chi connectivity index (χ2v) is 7.73. The van der Waals surface area contributed by atoms with Gasteiger partial charge in [0.25, 0.3) is 0 Å². The third-order valence-corrected chi connectivity index (χ3v) is 5.95. The Kier molecular flexibility index (Phi) is 5.34. The van der Waals surface area contributed by atoms with Gasteiger partial charge in [-0.1, -0.05) is 12.1 Å². The van der Waals surface area contributed by atoms with E-state index in [0.29, 0.717) is 12.2 Å². The number of nitrogens with zero attached hydrogens (tertiary/aromatic N) is 2. The maximum Gasteiger partial charge on any atom is 0.226 e. The quantitative estimate of drug-likeness (QED) is 0.624. The molecule has 1 saturated heterocycles. The summed E-state index contributed by atoms with van der Waals surface area (Å²) < 4.78 is 19.7. The fourth-order valence-electron chi connectivity index (χ4n) is 3.45. The smallest absolute Gasteiger partial charge is 0.226 e. The number of hydrogen-bond acceptors (Lipinski definition) is 4. The SMILES string of the molecule is O=C(CCOc1ccc(F)cc1)N1CCCCC1c1nc2ccccc2s1. The number of likely N-dealkylation sites (tertiary alicyclic amines) is 1. The number of piperidine rings is 1. The maximum atomic E-state index is 12.9. The Bertz CT molecular complexity index is 892. The molecule has 1 fully saturated rings. The predicted molar refractivity (Wildman–Crippen MR) is 104 cm³/mol. The largest absolute Gasteiger partial charge is 0.493 e. The molecule has 0 N–H and O–H groups in total. The van der Waals surface area contributed by atoms with Crippen molar-refractivity contribution in [1.82, 2.24) is 9.88 Å². The van der Waals surface area contributed by atoms with Crippen LogP contribution < -0.4 is 4.74 Å². The van der Waals surface area contributed by atoms with Crippen LogP contribution in [0, 0.1) is 5.82 Å². The van der Waals surface area contributed by atoms with E-state index < -0.39 is 0 Å². The molecule has 1 aromatic heterocycles. The van der Waals surface area contributed by atoms with Gasteiger partial charge in [-0.3, -0.25) is 4.79 Å². The number of halogens is 1. The molecule has 2 heterocycles. The van der Waals surface area contributed by atoms with Crippen LogP contribution in [0.15, 0.2) is 48.5 Å². The summed E-state index contributed by atoms with van der Waals surface area (Å²) in [5, 5.41) is 1.02. The van der Waals surface area contributed by atoms with Gasteiger partial charge < -0.3 is 9.64 Å². The molecular weight excluding hydrogens is 363 g/mol. The fraction of sp³-hybridized carbons (Fsp3) is 0.333. The fourth-order valence-corrected chi connectivity index (χ4v) is 4.57. The van der Waals surface area contributed by atoms with Crippen LogP contribution in [0.2, 0.25) is 0 Å². The molecule has 0 spiro atoms. The lowest BCUT2D eigenvalue weighted by atomic mass is 10.0. The molecule has 1 atom stereocenters. The number of aromatic nitrogens is 1. The lowest BCUT2D eigenvalue weighted by Gasteiger charge is -2.34. The zero-order valence-corrected chi connectivity index (χ0v) is 15.8. The molecule has 1 aliphatic rings. The Morgan fingerprint density at radius 2 is 2.00 bits per heavy atom. The van der Waals surface area contributed by atoms with E-state index in [9.17, 15) is 9.18 Å². The molecule has 4 rings (SSSR count). The third-order valence-electron chi connectivity index (χ3n) is 4.82. The zero-order valence-electron chi connectivity index (χ0n) is 14.9.